The van der Waals surface area contributed by atoms with Gasteiger partial charge >= 0.3 is 0 Å². The molecule has 0 radical (unpaired) electrons. The first-order valence-corrected chi connectivity index (χ1v) is 7.87. The number of nitriles is 1. The molecule has 1 heterocycles. The first-order valence-electron chi connectivity index (χ1n) is 7.08. The fourth-order valence-electron chi connectivity index (χ4n) is 2.41. The average molecular weight is 337 g/mol. The summed E-state index contributed by atoms with van der Waals surface area (Å²) >= 11 is 3.55. The Morgan fingerprint density at radius 1 is 1.45 bits per heavy atom. The van der Waals surface area contributed by atoms with E-state index in [1.165, 1.54) is 11.1 Å². The maximum Gasteiger partial charge on any atom is 0.127 e. The van der Waals surface area contributed by atoms with Gasteiger partial charge in [0.2, 0.25) is 0 Å². The SMILES string of the molecule is CC(C)(C#N)CCCNCc1cc(Br)cc2c1OCC2. The number of halogens is 1. The minimum atomic E-state index is -0.220. The van der Waals surface area contributed by atoms with Gasteiger partial charge in [0.15, 0.2) is 0 Å². The second-order valence-corrected chi connectivity index (χ2v) is 6.84. The fraction of sp³-hybridized carbons (Fsp3) is 0.562. The first kappa shape index (κ1) is 15.3. The van der Waals surface area contributed by atoms with Gasteiger partial charge in [-0.3, -0.25) is 0 Å². The highest BCUT2D eigenvalue weighted by Crippen LogP contribution is 2.32. The Hall–Kier alpha value is -1.05. The van der Waals surface area contributed by atoms with Crippen LogP contribution in [0.4, 0.5) is 0 Å². The lowest BCUT2D eigenvalue weighted by molar-refractivity contribution is 0.352. The molecule has 3 nitrogen and oxygen atoms in total. The Morgan fingerprint density at radius 2 is 2.25 bits per heavy atom. The summed E-state index contributed by atoms with van der Waals surface area (Å²) in [5.41, 5.74) is 2.29. The molecule has 20 heavy (non-hydrogen) atoms. The van der Waals surface area contributed by atoms with Crippen molar-refractivity contribution in [2.75, 3.05) is 13.2 Å². The van der Waals surface area contributed by atoms with Crippen LogP contribution in [0.1, 0.15) is 37.8 Å². The quantitative estimate of drug-likeness (QED) is 0.803. The van der Waals surface area contributed by atoms with Crippen LogP contribution in [0.2, 0.25) is 0 Å². The Labute approximate surface area is 129 Å². The fourth-order valence-corrected chi connectivity index (χ4v) is 2.96. The summed E-state index contributed by atoms with van der Waals surface area (Å²) in [6.07, 6.45) is 2.93. The zero-order chi connectivity index (χ0) is 14.6. The smallest absolute Gasteiger partial charge is 0.127 e. The molecule has 0 bridgehead atoms. The minimum Gasteiger partial charge on any atom is -0.493 e. The predicted molar refractivity (Wildman–Crippen MR) is 83.7 cm³/mol. The third-order valence-electron chi connectivity index (χ3n) is 3.60. The molecule has 0 unspecified atom stereocenters. The Balaban J connectivity index is 1.82. The molecule has 2 rings (SSSR count). The van der Waals surface area contributed by atoms with E-state index in [0.717, 1.165) is 49.2 Å². The normalized spacial score (nSPS) is 13.7. The van der Waals surface area contributed by atoms with Crippen molar-refractivity contribution in [3.8, 4) is 11.8 Å². The lowest BCUT2D eigenvalue weighted by Gasteiger charge is -2.15. The molecular formula is C16H21BrN2O. The number of ether oxygens (including phenoxy) is 1. The van der Waals surface area contributed by atoms with Crippen LogP contribution in [-0.2, 0) is 13.0 Å². The summed E-state index contributed by atoms with van der Waals surface area (Å²) < 4.78 is 6.82. The summed E-state index contributed by atoms with van der Waals surface area (Å²) in [6.45, 7) is 6.50. The largest absolute Gasteiger partial charge is 0.493 e. The zero-order valence-electron chi connectivity index (χ0n) is 12.1. The van der Waals surface area contributed by atoms with E-state index >= 15 is 0 Å². The molecule has 0 amide bonds. The van der Waals surface area contributed by atoms with E-state index in [1.54, 1.807) is 0 Å². The highest BCUT2D eigenvalue weighted by Gasteiger charge is 2.18. The van der Waals surface area contributed by atoms with Crippen LogP contribution in [0.25, 0.3) is 0 Å². The molecule has 0 aliphatic carbocycles. The third-order valence-corrected chi connectivity index (χ3v) is 4.06. The molecule has 0 fully saturated rings. The number of nitrogens with zero attached hydrogens (tertiary/aromatic N) is 1. The molecule has 0 aromatic heterocycles. The van der Waals surface area contributed by atoms with Crippen LogP contribution in [0.5, 0.6) is 5.75 Å². The van der Waals surface area contributed by atoms with Gasteiger partial charge in [-0.25, -0.2) is 0 Å². The molecule has 0 atom stereocenters. The topological polar surface area (TPSA) is 45.0 Å². The summed E-state index contributed by atoms with van der Waals surface area (Å²) in [5.74, 6) is 1.05. The summed E-state index contributed by atoms with van der Waals surface area (Å²) in [7, 11) is 0. The van der Waals surface area contributed by atoms with Gasteiger partial charge in [0.25, 0.3) is 0 Å². The van der Waals surface area contributed by atoms with Gasteiger partial charge in [0.05, 0.1) is 18.1 Å². The lowest BCUT2D eigenvalue weighted by Crippen LogP contribution is -2.18. The number of nitrogens with one attached hydrogen (secondary N) is 1. The zero-order valence-corrected chi connectivity index (χ0v) is 13.7. The van der Waals surface area contributed by atoms with Gasteiger partial charge in [-0.2, -0.15) is 5.26 Å². The molecular weight excluding hydrogens is 316 g/mol. The molecule has 0 saturated heterocycles. The summed E-state index contributed by atoms with van der Waals surface area (Å²) in [4.78, 5) is 0. The number of rotatable bonds is 6. The average Bonchev–Trinajstić information content (AvgIpc) is 2.86. The van der Waals surface area contributed by atoms with Crippen LogP contribution in [-0.4, -0.2) is 13.2 Å². The summed E-state index contributed by atoms with van der Waals surface area (Å²) in [5, 5.41) is 12.4. The van der Waals surface area contributed by atoms with E-state index in [2.05, 4.69) is 39.4 Å². The molecule has 108 valence electrons. The van der Waals surface area contributed by atoms with E-state index in [9.17, 15) is 0 Å². The van der Waals surface area contributed by atoms with Crippen molar-refractivity contribution in [2.45, 2.75) is 39.7 Å². The van der Waals surface area contributed by atoms with Crippen molar-refractivity contribution in [1.82, 2.24) is 5.32 Å². The molecule has 1 aromatic rings. The number of fused-ring (bicyclic) bond motifs is 1. The molecule has 1 aliphatic heterocycles. The van der Waals surface area contributed by atoms with Crippen molar-refractivity contribution in [3.05, 3.63) is 27.7 Å². The number of hydrogen-bond acceptors (Lipinski definition) is 3. The van der Waals surface area contributed by atoms with Gasteiger partial charge < -0.3 is 10.1 Å². The van der Waals surface area contributed by atoms with Gasteiger partial charge in [-0.1, -0.05) is 15.9 Å². The standard InChI is InChI=1S/C16H21BrN2O/c1-16(2,11-18)5-3-6-19-10-13-9-14(17)8-12-4-7-20-15(12)13/h8-9,19H,3-7,10H2,1-2H3. The van der Waals surface area contributed by atoms with E-state index in [0.29, 0.717) is 0 Å². The molecule has 4 heteroatoms. The second kappa shape index (κ2) is 6.60. The van der Waals surface area contributed by atoms with Crippen LogP contribution in [0.15, 0.2) is 16.6 Å². The van der Waals surface area contributed by atoms with E-state index in [-0.39, 0.29) is 5.41 Å². The Kier molecular flexibility index (Phi) is 5.06. The predicted octanol–water partition coefficient (Wildman–Crippen LogP) is 3.80. The van der Waals surface area contributed by atoms with Crippen molar-refractivity contribution < 1.29 is 4.74 Å². The van der Waals surface area contributed by atoms with Gasteiger partial charge in [0, 0.05) is 23.0 Å². The van der Waals surface area contributed by atoms with E-state index in [4.69, 9.17) is 10.00 Å². The molecule has 1 N–H and O–H groups in total. The van der Waals surface area contributed by atoms with Crippen molar-refractivity contribution >= 4 is 15.9 Å². The van der Waals surface area contributed by atoms with Crippen molar-refractivity contribution in [3.63, 3.8) is 0 Å². The van der Waals surface area contributed by atoms with Crippen molar-refractivity contribution in [1.29, 1.82) is 5.26 Å². The minimum absolute atomic E-state index is 0.220. The van der Waals surface area contributed by atoms with Crippen LogP contribution < -0.4 is 10.1 Å². The first-order chi connectivity index (χ1) is 9.52. The number of benzene rings is 1. The molecule has 1 aromatic carbocycles. The van der Waals surface area contributed by atoms with Crippen LogP contribution >= 0.6 is 15.9 Å². The summed E-state index contributed by atoms with van der Waals surface area (Å²) in [6, 6.07) is 6.60. The maximum absolute atomic E-state index is 8.97. The lowest BCUT2D eigenvalue weighted by atomic mass is 9.90. The third kappa shape index (κ3) is 3.97. The van der Waals surface area contributed by atoms with Crippen LogP contribution in [0, 0.1) is 16.7 Å². The Morgan fingerprint density at radius 3 is 3.00 bits per heavy atom. The Bertz CT molecular complexity index is 520. The van der Waals surface area contributed by atoms with Gasteiger partial charge in [0.1, 0.15) is 5.75 Å². The van der Waals surface area contributed by atoms with E-state index < -0.39 is 0 Å². The molecule has 1 aliphatic rings. The maximum atomic E-state index is 8.97. The molecule has 0 spiro atoms. The number of hydrogen-bond donors (Lipinski definition) is 1. The second-order valence-electron chi connectivity index (χ2n) is 5.93. The molecule has 0 saturated carbocycles. The van der Waals surface area contributed by atoms with Gasteiger partial charge in [-0.05, 0) is 50.9 Å². The highest BCUT2D eigenvalue weighted by atomic mass is 79.9. The van der Waals surface area contributed by atoms with Crippen molar-refractivity contribution in [2.24, 2.45) is 5.41 Å². The highest BCUT2D eigenvalue weighted by molar-refractivity contribution is 9.10. The van der Waals surface area contributed by atoms with Gasteiger partial charge in [-0.15, -0.1) is 0 Å². The monoisotopic (exact) mass is 336 g/mol. The van der Waals surface area contributed by atoms with E-state index in [1.807, 2.05) is 13.8 Å². The van der Waals surface area contributed by atoms with Crippen LogP contribution in [0.3, 0.4) is 0 Å².